The van der Waals surface area contributed by atoms with Gasteiger partial charge in [0.25, 0.3) is 0 Å². The summed E-state index contributed by atoms with van der Waals surface area (Å²) in [6.45, 7) is 1.79. The third-order valence-corrected chi connectivity index (χ3v) is 5.00. The second-order valence-corrected chi connectivity index (χ2v) is 6.53. The predicted molar refractivity (Wildman–Crippen MR) is 85.2 cm³/mol. The Bertz CT molecular complexity index is 623. The minimum absolute atomic E-state index is 0.0191. The molecule has 3 N–H and O–H groups in total. The van der Waals surface area contributed by atoms with E-state index in [4.69, 9.17) is 16.7 Å². The number of carboxylic acids is 1. The van der Waals surface area contributed by atoms with Crippen molar-refractivity contribution in [2.45, 2.75) is 24.6 Å². The predicted octanol–water partition coefficient (Wildman–Crippen LogP) is 1.66. The van der Waals surface area contributed by atoms with E-state index in [1.165, 1.54) is 11.8 Å². The molecule has 1 aromatic carbocycles. The minimum Gasteiger partial charge on any atom is -0.480 e. The Morgan fingerprint density at radius 2 is 2.23 bits per heavy atom. The Morgan fingerprint density at radius 1 is 1.50 bits per heavy atom. The van der Waals surface area contributed by atoms with Crippen molar-refractivity contribution in [2.24, 2.45) is 0 Å². The number of anilines is 1. The molecule has 0 aromatic heterocycles. The number of hydrogen-bond donors (Lipinski definition) is 3. The van der Waals surface area contributed by atoms with Gasteiger partial charge in [-0.2, -0.15) is 0 Å². The molecule has 0 spiro atoms. The molecule has 1 aliphatic heterocycles. The van der Waals surface area contributed by atoms with E-state index in [-0.39, 0.29) is 18.1 Å². The second-order valence-electron chi connectivity index (χ2n) is 4.89. The Kier molecular flexibility index (Phi) is 5.31. The van der Waals surface area contributed by atoms with E-state index in [0.717, 1.165) is 5.56 Å². The average Bonchev–Trinajstić information content (AvgIpc) is 2.46. The van der Waals surface area contributed by atoms with Gasteiger partial charge in [-0.1, -0.05) is 17.7 Å². The lowest BCUT2D eigenvalue weighted by atomic mass is 10.2. The van der Waals surface area contributed by atoms with E-state index in [1.807, 2.05) is 0 Å². The maximum atomic E-state index is 12.0. The maximum Gasteiger partial charge on any atom is 0.327 e. The SMILES string of the molecule is Cc1c(Cl)cccc1NC(=O)C[C@H]1SC[C@H](C(=O)O)NC1=O. The first-order chi connectivity index (χ1) is 10.4. The summed E-state index contributed by atoms with van der Waals surface area (Å²) in [6, 6.07) is 4.29. The number of carbonyl (C=O) groups excluding carboxylic acids is 2. The Labute approximate surface area is 136 Å². The van der Waals surface area contributed by atoms with Crippen LogP contribution in [0.25, 0.3) is 0 Å². The molecule has 0 aliphatic carbocycles. The molecular weight excluding hydrogens is 328 g/mol. The van der Waals surface area contributed by atoms with Gasteiger partial charge in [0.2, 0.25) is 11.8 Å². The molecule has 2 amide bonds. The zero-order chi connectivity index (χ0) is 16.3. The Hall–Kier alpha value is -1.73. The molecule has 1 aromatic rings. The molecule has 2 rings (SSSR count). The summed E-state index contributed by atoms with van der Waals surface area (Å²) in [4.78, 5) is 34.7. The normalized spacial score (nSPS) is 21.1. The summed E-state index contributed by atoms with van der Waals surface area (Å²) in [6.07, 6.45) is -0.0191. The van der Waals surface area contributed by atoms with E-state index in [1.54, 1.807) is 25.1 Å². The van der Waals surface area contributed by atoms with Crippen molar-refractivity contribution in [1.82, 2.24) is 5.32 Å². The number of carbonyl (C=O) groups is 3. The summed E-state index contributed by atoms with van der Waals surface area (Å²) < 4.78 is 0. The van der Waals surface area contributed by atoms with E-state index in [0.29, 0.717) is 10.7 Å². The fraction of sp³-hybridized carbons (Fsp3) is 0.357. The van der Waals surface area contributed by atoms with Crippen molar-refractivity contribution >= 4 is 46.8 Å². The smallest absolute Gasteiger partial charge is 0.327 e. The number of amides is 2. The van der Waals surface area contributed by atoms with Crippen molar-refractivity contribution in [3.63, 3.8) is 0 Å². The van der Waals surface area contributed by atoms with Gasteiger partial charge in [-0.25, -0.2) is 4.79 Å². The van der Waals surface area contributed by atoms with Crippen molar-refractivity contribution in [2.75, 3.05) is 11.1 Å². The standard InChI is InChI=1S/C14H15ClN2O4S/c1-7-8(15)3-2-4-9(7)16-12(18)5-11-13(19)17-10(6-22-11)14(20)21/h2-4,10-11H,5-6H2,1H3,(H,16,18)(H,17,19)(H,20,21)/t10-,11-/m1/s1. The van der Waals surface area contributed by atoms with Gasteiger partial charge >= 0.3 is 5.97 Å². The van der Waals surface area contributed by atoms with Crippen LogP contribution in [-0.2, 0) is 14.4 Å². The summed E-state index contributed by atoms with van der Waals surface area (Å²) in [5.74, 6) is -1.57. The van der Waals surface area contributed by atoms with Crippen LogP contribution in [0.5, 0.6) is 0 Å². The highest BCUT2D eigenvalue weighted by Gasteiger charge is 2.33. The first kappa shape index (κ1) is 16.6. The van der Waals surface area contributed by atoms with Gasteiger partial charge in [-0.05, 0) is 24.6 Å². The van der Waals surface area contributed by atoms with E-state index < -0.39 is 23.2 Å². The van der Waals surface area contributed by atoms with Gasteiger partial charge in [0.15, 0.2) is 0 Å². The Balaban J connectivity index is 1.94. The Morgan fingerprint density at radius 3 is 2.86 bits per heavy atom. The van der Waals surface area contributed by atoms with E-state index in [9.17, 15) is 14.4 Å². The summed E-state index contributed by atoms with van der Waals surface area (Å²) in [7, 11) is 0. The van der Waals surface area contributed by atoms with Gasteiger partial charge < -0.3 is 15.7 Å². The third kappa shape index (κ3) is 3.92. The van der Waals surface area contributed by atoms with Gasteiger partial charge in [0.05, 0.1) is 5.25 Å². The number of halogens is 1. The number of thioether (sulfide) groups is 1. The lowest BCUT2D eigenvalue weighted by Crippen LogP contribution is -2.51. The van der Waals surface area contributed by atoms with Crippen LogP contribution in [0.4, 0.5) is 5.69 Å². The van der Waals surface area contributed by atoms with Crippen LogP contribution in [0.3, 0.4) is 0 Å². The van der Waals surface area contributed by atoms with Crippen molar-refractivity contribution in [3.8, 4) is 0 Å². The molecule has 1 fully saturated rings. The van der Waals surface area contributed by atoms with Crippen LogP contribution >= 0.6 is 23.4 Å². The summed E-state index contributed by atoms with van der Waals surface area (Å²) in [5.41, 5.74) is 1.35. The van der Waals surface area contributed by atoms with Crippen molar-refractivity contribution in [1.29, 1.82) is 0 Å². The zero-order valence-electron chi connectivity index (χ0n) is 11.8. The van der Waals surface area contributed by atoms with Crippen LogP contribution in [-0.4, -0.2) is 39.9 Å². The number of hydrogen-bond acceptors (Lipinski definition) is 4. The van der Waals surface area contributed by atoms with Crippen LogP contribution in [0.2, 0.25) is 5.02 Å². The molecule has 1 heterocycles. The molecule has 22 heavy (non-hydrogen) atoms. The third-order valence-electron chi connectivity index (χ3n) is 3.28. The van der Waals surface area contributed by atoms with Crippen LogP contribution in [0, 0.1) is 6.92 Å². The van der Waals surface area contributed by atoms with Gasteiger partial charge in [-0.15, -0.1) is 11.8 Å². The lowest BCUT2D eigenvalue weighted by molar-refractivity contribution is -0.141. The molecular formula is C14H15ClN2O4S. The molecule has 2 atom stereocenters. The summed E-state index contributed by atoms with van der Waals surface area (Å²) in [5, 5.41) is 13.9. The molecule has 1 saturated heterocycles. The van der Waals surface area contributed by atoms with Gasteiger partial charge in [-0.3, -0.25) is 9.59 Å². The molecule has 0 saturated carbocycles. The molecule has 8 heteroatoms. The first-order valence-electron chi connectivity index (χ1n) is 6.58. The highest BCUT2D eigenvalue weighted by molar-refractivity contribution is 8.00. The number of rotatable bonds is 4. The fourth-order valence-corrected chi connectivity index (χ4v) is 3.31. The van der Waals surface area contributed by atoms with Crippen molar-refractivity contribution < 1.29 is 19.5 Å². The van der Waals surface area contributed by atoms with Gasteiger partial charge in [0, 0.05) is 22.9 Å². The average molecular weight is 343 g/mol. The fourth-order valence-electron chi connectivity index (χ4n) is 1.99. The quantitative estimate of drug-likeness (QED) is 0.773. The molecule has 118 valence electrons. The monoisotopic (exact) mass is 342 g/mol. The molecule has 1 aliphatic rings. The number of carboxylic acid groups (broad SMARTS) is 1. The summed E-state index contributed by atoms with van der Waals surface area (Å²) >= 11 is 7.16. The number of benzene rings is 1. The first-order valence-corrected chi connectivity index (χ1v) is 8.01. The number of nitrogens with one attached hydrogen (secondary N) is 2. The van der Waals surface area contributed by atoms with Crippen LogP contribution in [0.1, 0.15) is 12.0 Å². The van der Waals surface area contributed by atoms with Gasteiger partial charge in [0.1, 0.15) is 6.04 Å². The van der Waals surface area contributed by atoms with Crippen molar-refractivity contribution in [3.05, 3.63) is 28.8 Å². The highest BCUT2D eigenvalue weighted by Crippen LogP contribution is 2.25. The molecule has 0 unspecified atom stereocenters. The van der Waals surface area contributed by atoms with Crippen LogP contribution < -0.4 is 10.6 Å². The largest absolute Gasteiger partial charge is 0.480 e. The van der Waals surface area contributed by atoms with Crippen LogP contribution in [0.15, 0.2) is 18.2 Å². The second kappa shape index (κ2) is 7.02. The minimum atomic E-state index is -1.07. The topological polar surface area (TPSA) is 95.5 Å². The zero-order valence-corrected chi connectivity index (χ0v) is 13.3. The maximum absolute atomic E-state index is 12.0. The molecule has 0 radical (unpaired) electrons. The number of aliphatic carboxylic acids is 1. The highest BCUT2D eigenvalue weighted by atomic mass is 35.5. The van der Waals surface area contributed by atoms with E-state index in [2.05, 4.69) is 10.6 Å². The molecule has 6 nitrogen and oxygen atoms in total. The van der Waals surface area contributed by atoms with E-state index >= 15 is 0 Å². The lowest BCUT2D eigenvalue weighted by Gasteiger charge is -2.25. The molecule has 0 bridgehead atoms.